The van der Waals surface area contributed by atoms with E-state index in [-0.39, 0.29) is 12.6 Å². The minimum atomic E-state index is -0.355. The number of aromatic nitrogens is 4. The zero-order chi connectivity index (χ0) is 18.5. The van der Waals surface area contributed by atoms with Crippen LogP contribution < -0.4 is 10.1 Å². The molecule has 0 aliphatic carbocycles. The smallest absolute Gasteiger partial charge is 0.303 e. The predicted octanol–water partition coefficient (Wildman–Crippen LogP) is 2.99. The molecule has 0 aliphatic rings. The second kappa shape index (κ2) is 7.64. The van der Waals surface area contributed by atoms with Crippen LogP contribution in [0, 0.1) is 6.92 Å². The van der Waals surface area contributed by atoms with Crippen LogP contribution in [0.4, 0.5) is 11.6 Å². The Morgan fingerprint density at radius 2 is 2.12 bits per heavy atom. The summed E-state index contributed by atoms with van der Waals surface area (Å²) in [6.07, 6.45) is 3.37. The number of methoxy groups -OCH3 is 1. The molecule has 0 radical (unpaired) electrons. The molecule has 0 atom stereocenters. The lowest BCUT2D eigenvalue weighted by molar-refractivity contribution is -0.142. The van der Waals surface area contributed by atoms with Gasteiger partial charge < -0.3 is 19.8 Å². The van der Waals surface area contributed by atoms with Crippen molar-refractivity contribution >= 4 is 17.6 Å². The molecular formula is C18H19N5O3. The van der Waals surface area contributed by atoms with E-state index < -0.39 is 0 Å². The van der Waals surface area contributed by atoms with Crippen molar-refractivity contribution in [1.82, 2.24) is 19.9 Å². The Kier molecular flexibility index (Phi) is 5.12. The summed E-state index contributed by atoms with van der Waals surface area (Å²) in [5.41, 5.74) is 3.20. The van der Waals surface area contributed by atoms with Crippen LogP contribution in [0.3, 0.4) is 0 Å². The van der Waals surface area contributed by atoms with Gasteiger partial charge in [0.1, 0.15) is 18.2 Å². The Morgan fingerprint density at radius 3 is 2.81 bits per heavy atom. The van der Waals surface area contributed by atoms with Gasteiger partial charge in [0.25, 0.3) is 0 Å². The predicted molar refractivity (Wildman–Crippen MR) is 96.1 cm³/mol. The van der Waals surface area contributed by atoms with Crippen molar-refractivity contribution in [3.8, 4) is 17.1 Å². The lowest BCUT2D eigenvalue weighted by Crippen LogP contribution is -2.04. The van der Waals surface area contributed by atoms with Gasteiger partial charge in [-0.1, -0.05) is 0 Å². The number of imidazole rings is 1. The molecule has 2 heterocycles. The number of aryl methyl sites for hydroxylation is 1. The average Bonchev–Trinajstić information content (AvgIpc) is 3.06. The van der Waals surface area contributed by atoms with Crippen molar-refractivity contribution in [3.63, 3.8) is 0 Å². The van der Waals surface area contributed by atoms with Gasteiger partial charge in [0, 0.05) is 36.8 Å². The van der Waals surface area contributed by atoms with Gasteiger partial charge in [-0.15, -0.1) is 0 Å². The molecule has 0 aliphatic heterocycles. The topological polar surface area (TPSA) is 102 Å². The number of rotatable bonds is 6. The van der Waals surface area contributed by atoms with E-state index in [1.807, 2.05) is 25.1 Å². The van der Waals surface area contributed by atoms with Crippen molar-refractivity contribution in [2.24, 2.45) is 0 Å². The first-order valence-corrected chi connectivity index (χ1v) is 7.97. The van der Waals surface area contributed by atoms with Gasteiger partial charge in [-0.3, -0.25) is 4.79 Å². The highest BCUT2D eigenvalue weighted by Crippen LogP contribution is 2.31. The SMILES string of the molecule is COc1cc(Nc2nccc(COC(C)=O)n2)ccc1-c1ncc(C)[nH]1. The average molecular weight is 353 g/mol. The molecule has 1 aromatic carbocycles. The molecule has 134 valence electrons. The number of nitrogens with one attached hydrogen (secondary N) is 2. The second-order valence-electron chi connectivity index (χ2n) is 5.61. The first-order valence-electron chi connectivity index (χ1n) is 7.97. The van der Waals surface area contributed by atoms with E-state index >= 15 is 0 Å². The number of hydrogen-bond donors (Lipinski definition) is 2. The van der Waals surface area contributed by atoms with Crippen LogP contribution in [0.15, 0.2) is 36.7 Å². The van der Waals surface area contributed by atoms with Crippen molar-refractivity contribution in [3.05, 3.63) is 48.0 Å². The van der Waals surface area contributed by atoms with Crippen molar-refractivity contribution in [2.45, 2.75) is 20.5 Å². The van der Waals surface area contributed by atoms with E-state index in [1.54, 1.807) is 25.6 Å². The summed E-state index contributed by atoms with van der Waals surface area (Å²) in [7, 11) is 1.61. The van der Waals surface area contributed by atoms with Gasteiger partial charge in [-0.25, -0.2) is 15.0 Å². The number of anilines is 2. The molecule has 0 bridgehead atoms. The monoisotopic (exact) mass is 353 g/mol. The van der Waals surface area contributed by atoms with E-state index in [1.165, 1.54) is 6.92 Å². The maximum Gasteiger partial charge on any atom is 0.303 e. The highest BCUT2D eigenvalue weighted by Gasteiger charge is 2.11. The standard InChI is InChI=1S/C18H19N5O3/c1-11-9-20-17(21-11)15-5-4-13(8-16(15)25-3)22-18-19-7-6-14(23-18)10-26-12(2)24/h4-9H,10H2,1-3H3,(H,20,21)(H,19,22,23). The van der Waals surface area contributed by atoms with Gasteiger partial charge >= 0.3 is 5.97 Å². The molecule has 0 saturated carbocycles. The van der Waals surface area contributed by atoms with Gasteiger partial charge in [-0.05, 0) is 25.1 Å². The minimum Gasteiger partial charge on any atom is -0.496 e. The maximum atomic E-state index is 10.9. The fourth-order valence-corrected chi connectivity index (χ4v) is 2.36. The van der Waals surface area contributed by atoms with Crippen LogP contribution in [-0.4, -0.2) is 33.0 Å². The lowest BCUT2D eigenvalue weighted by atomic mass is 10.1. The molecule has 0 spiro atoms. The second-order valence-corrected chi connectivity index (χ2v) is 5.61. The third-order valence-electron chi connectivity index (χ3n) is 3.55. The number of aromatic amines is 1. The Bertz CT molecular complexity index is 923. The van der Waals surface area contributed by atoms with E-state index in [4.69, 9.17) is 9.47 Å². The normalized spacial score (nSPS) is 10.4. The Hall–Kier alpha value is -3.42. The van der Waals surface area contributed by atoms with Crippen LogP contribution in [0.5, 0.6) is 5.75 Å². The first kappa shape index (κ1) is 17.4. The number of hydrogen-bond acceptors (Lipinski definition) is 7. The Balaban J connectivity index is 1.80. The molecule has 0 amide bonds. The number of benzene rings is 1. The summed E-state index contributed by atoms with van der Waals surface area (Å²) in [5, 5.41) is 3.12. The molecule has 26 heavy (non-hydrogen) atoms. The number of H-pyrrole nitrogens is 1. The van der Waals surface area contributed by atoms with E-state index in [0.717, 1.165) is 22.8 Å². The molecule has 0 unspecified atom stereocenters. The minimum absolute atomic E-state index is 0.104. The molecule has 0 fully saturated rings. The molecule has 2 N–H and O–H groups in total. The number of carbonyl (C=O) groups is 1. The number of nitrogens with zero attached hydrogens (tertiary/aromatic N) is 3. The fourth-order valence-electron chi connectivity index (χ4n) is 2.36. The van der Waals surface area contributed by atoms with Gasteiger partial charge in [0.2, 0.25) is 5.95 Å². The van der Waals surface area contributed by atoms with Crippen LogP contribution in [0.2, 0.25) is 0 Å². The van der Waals surface area contributed by atoms with Gasteiger partial charge in [0.15, 0.2) is 0 Å². The molecule has 8 heteroatoms. The number of ether oxygens (including phenoxy) is 2. The van der Waals surface area contributed by atoms with E-state index in [9.17, 15) is 4.79 Å². The zero-order valence-corrected chi connectivity index (χ0v) is 14.7. The third kappa shape index (κ3) is 4.15. The van der Waals surface area contributed by atoms with Gasteiger partial charge in [0.05, 0.1) is 18.4 Å². The van der Waals surface area contributed by atoms with Crippen molar-refractivity contribution < 1.29 is 14.3 Å². The summed E-state index contributed by atoms with van der Waals surface area (Å²) in [4.78, 5) is 26.9. The summed E-state index contributed by atoms with van der Waals surface area (Å²) < 4.78 is 10.4. The van der Waals surface area contributed by atoms with Crippen LogP contribution in [-0.2, 0) is 16.1 Å². The molecule has 8 nitrogen and oxygen atoms in total. The van der Waals surface area contributed by atoms with Gasteiger partial charge in [-0.2, -0.15) is 0 Å². The van der Waals surface area contributed by atoms with E-state index in [0.29, 0.717) is 17.4 Å². The maximum absolute atomic E-state index is 10.9. The summed E-state index contributed by atoms with van der Waals surface area (Å²) in [5.74, 6) is 1.45. The highest BCUT2D eigenvalue weighted by molar-refractivity contribution is 5.70. The summed E-state index contributed by atoms with van der Waals surface area (Å²) in [6.45, 7) is 3.40. The molecule has 0 saturated heterocycles. The summed E-state index contributed by atoms with van der Waals surface area (Å²) in [6, 6.07) is 7.33. The first-order chi connectivity index (χ1) is 12.5. The van der Waals surface area contributed by atoms with Crippen molar-refractivity contribution in [2.75, 3.05) is 12.4 Å². The molecule has 3 rings (SSSR count). The highest BCUT2D eigenvalue weighted by atomic mass is 16.5. The molecule has 3 aromatic rings. The van der Waals surface area contributed by atoms with Crippen LogP contribution in [0.1, 0.15) is 18.3 Å². The zero-order valence-electron chi connectivity index (χ0n) is 14.7. The molecular weight excluding hydrogens is 334 g/mol. The Labute approximate surface area is 150 Å². The number of carbonyl (C=O) groups excluding carboxylic acids is 1. The Morgan fingerprint density at radius 1 is 1.27 bits per heavy atom. The van der Waals surface area contributed by atoms with Crippen LogP contribution in [0.25, 0.3) is 11.4 Å². The quantitative estimate of drug-likeness (QED) is 0.657. The summed E-state index contributed by atoms with van der Waals surface area (Å²) >= 11 is 0. The number of esters is 1. The largest absolute Gasteiger partial charge is 0.496 e. The third-order valence-corrected chi connectivity index (χ3v) is 3.55. The van der Waals surface area contributed by atoms with Crippen LogP contribution >= 0.6 is 0 Å². The van der Waals surface area contributed by atoms with E-state index in [2.05, 4.69) is 25.3 Å². The van der Waals surface area contributed by atoms with Crippen molar-refractivity contribution in [1.29, 1.82) is 0 Å². The lowest BCUT2D eigenvalue weighted by Gasteiger charge is -2.11. The fraction of sp³-hybridized carbons (Fsp3) is 0.222. The molecule has 2 aromatic heterocycles.